The molecule has 0 spiro atoms. The minimum absolute atomic E-state index is 0.119. The van der Waals surface area contributed by atoms with Crippen molar-refractivity contribution >= 4 is 29.7 Å². The number of hydrogen-bond donors (Lipinski definition) is 5. The molecule has 41 heavy (non-hydrogen) atoms. The first kappa shape index (κ1) is 35.4. The summed E-state index contributed by atoms with van der Waals surface area (Å²) < 4.78 is 5.27. The van der Waals surface area contributed by atoms with Crippen LogP contribution >= 0.6 is 0 Å². The number of amides is 5. The highest BCUT2D eigenvalue weighted by Crippen LogP contribution is 2.09. The zero-order chi connectivity index (χ0) is 30.9. The van der Waals surface area contributed by atoms with E-state index < -0.39 is 53.9 Å². The smallest absolute Gasteiger partial charge is 0.407 e. The van der Waals surface area contributed by atoms with Crippen molar-refractivity contribution in [2.45, 2.75) is 104 Å². The summed E-state index contributed by atoms with van der Waals surface area (Å²) in [6.45, 7) is 11.1. The van der Waals surface area contributed by atoms with Gasteiger partial charge >= 0.3 is 6.09 Å². The van der Waals surface area contributed by atoms with Gasteiger partial charge in [0, 0.05) is 6.42 Å². The third kappa shape index (κ3) is 14.0. The number of nitrogens with two attached hydrogens (primary N) is 1. The lowest BCUT2D eigenvalue weighted by Crippen LogP contribution is -2.59. The molecule has 230 valence electrons. The average Bonchev–Trinajstić information content (AvgIpc) is 2.90. The summed E-state index contributed by atoms with van der Waals surface area (Å²) in [5.74, 6) is -2.58. The molecule has 0 aliphatic carbocycles. The van der Waals surface area contributed by atoms with Crippen molar-refractivity contribution in [3.63, 3.8) is 0 Å². The number of benzene rings is 1. The molecule has 0 radical (unpaired) electrons. The first-order chi connectivity index (χ1) is 19.3. The fourth-order valence-corrected chi connectivity index (χ4v) is 4.11. The minimum atomic E-state index is -0.998. The van der Waals surface area contributed by atoms with E-state index in [-0.39, 0.29) is 24.9 Å². The Hall–Kier alpha value is -3.63. The van der Waals surface area contributed by atoms with Gasteiger partial charge in [-0.05, 0) is 37.2 Å². The van der Waals surface area contributed by atoms with Crippen molar-refractivity contribution in [3.05, 3.63) is 35.9 Å². The van der Waals surface area contributed by atoms with Gasteiger partial charge in [-0.15, -0.1) is 0 Å². The van der Waals surface area contributed by atoms with Gasteiger partial charge in [0.15, 0.2) is 0 Å². The van der Waals surface area contributed by atoms with Crippen molar-refractivity contribution in [1.29, 1.82) is 0 Å². The number of rotatable bonds is 18. The second-order valence-corrected chi connectivity index (χ2v) is 11.1. The van der Waals surface area contributed by atoms with Crippen LogP contribution in [0.2, 0.25) is 0 Å². The number of unbranched alkanes of at least 4 members (excludes halogenated alkanes) is 3. The normalized spacial score (nSPS) is 14.0. The maximum absolute atomic E-state index is 13.4. The molecule has 11 nitrogen and oxygen atoms in total. The van der Waals surface area contributed by atoms with Crippen LogP contribution in [0, 0.1) is 11.8 Å². The predicted molar refractivity (Wildman–Crippen MR) is 158 cm³/mol. The first-order valence-electron chi connectivity index (χ1n) is 14.5. The summed E-state index contributed by atoms with van der Waals surface area (Å²) >= 11 is 0. The van der Waals surface area contributed by atoms with Crippen molar-refractivity contribution in [2.75, 3.05) is 6.61 Å². The molecule has 5 amide bonds. The standard InChI is InChI=1S/C30H49N5O6/c1-7-8-9-13-16-41-30(40)34-24(18-22-14-11-10-12-15-22)28(38)35-25(20(4)5)29(39)32-21(6)27(37)33-23(26(31)36)17-19(2)3/h10-12,14-15,19-21,23-25H,7-9,13,16-18H2,1-6H3,(H2,31,36)(H,32,39)(H,33,37)(H,34,40)(H,35,38)/t21-,23-,24-,25-/m0/s1. The van der Waals surface area contributed by atoms with Gasteiger partial charge in [-0.3, -0.25) is 19.2 Å². The van der Waals surface area contributed by atoms with Gasteiger partial charge in [-0.2, -0.15) is 0 Å². The number of carbonyl (C=O) groups is 5. The molecule has 0 unspecified atom stereocenters. The molecule has 0 aliphatic heterocycles. The van der Waals surface area contributed by atoms with E-state index in [1.807, 2.05) is 44.2 Å². The Morgan fingerprint density at radius 2 is 1.44 bits per heavy atom. The number of primary amides is 1. The van der Waals surface area contributed by atoms with Gasteiger partial charge in [0.2, 0.25) is 23.6 Å². The number of nitrogens with one attached hydrogen (secondary N) is 4. The van der Waals surface area contributed by atoms with Crippen LogP contribution in [0.5, 0.6) is 0 Å². The SMILES string of the molecule is CCCCCCOC(=O)N[C@@H](Cc1ccccc1)C(=O)N[C@H](C(=O)N[C@@H](C)C(=O)N[C@@H](CC(C)C)C(N)=O)C(C)C. The molecule has 0 heterocycles. The Morgan fingerprint density at radius 1 is 0.780 bits per heavy atom. The molecule has 6 N–H and O–H groups in total. The molecule has 4 atom stereocenters. The van der Waals surface area contributed by atoms with E-state index in [0.29, 0.717) is 6.42 Å². The minimum Gasteiger partial charge on any atom is -0.450 e. The van der Waals surface area contributed by atoms with Crippen molar-refractivity contribution in [2.24, 2.45) is 17.6 Å². The summed E-state index contributed by atoms with van der Waals surface area (Å²) in [5, 5.41) is 10.5. The lowest BCUT2D eigenvalue weighted by Gasteiger charge is -2.27. The summed E-state index contributed by atoms with van der Waals surface area (Å²) in [6, 6.07) is 5.34. The molecule has 0 saturated carbocycles. The monoisotopic (exact) mass is 575 g/mol. The van der Waals surface area contributed by atoms with Crippen LogP contribution in [0.1, 0.15) is 79.2 Å². The first-order valence-corrected chi connectivity index (χ1v) is 14.5. The van der Waals surface area contributed by atoms with Crippen LogP contribution in [0.25, 0.3) is 0 Å². The van der Waals surface area contributed by atoms with Gasteiger partial charge in [0.25, 0.3) is 0 Å². The third-order valence-electron chi connectivity index (χ3n) is 6.49. The zero-order valence-corrected chi connectivity index (χ0v) is 25.3. The predicted octanol–water partition coefficient (Wildman–Crippen LogP) is 2.57. The second kappa shape index (κ2) is 18.7. The molecular weight excluding hydrogens is 526 g/mol. The molecule has 0 aromatic heterocycles. The maximum atomic E-state index is 13.4. The van der Waals surface area contributed by atoms with Crippen molar-refractivity contribution in [3.8, 4) is 0 Å². The molecule has 1 aromatic carbocycles. The quantitative estimate of drug-likeness (QED) is 0.169. The molecule has 11 heteroatoms. The molecular formula is C30H49N5O6. The highest BCUT2D eigenvalue weighted by atomic mass is 16.5. The van der Waals surface area contributed by atoms with E-state index in [0.717, 1.165) is 31.2 Å². The van der Waals surface area contributed by atoms with E-state index in [1.54, 1.807) is 13.8 Å². The van der Waals surface area contributed by atoms with Crippen molar-refractivity contribution in [1.82, 2.24) is 21.3 Å². The van der Waals surface area contributed by atoms with Crippen LogP contribution in [-0.2, 0) is 30.3 Å². The van der Waals surface area contributed by atoms with E-state index in [9.17, 15) is 24.0 Å². The van der Waals surface area contributed by atoms with Crippen LogP contribution in [-0.4, -0.2) is 60.5 Å². The zero-order valence-electron chi connectivity index (χ0n) is 25.3. The fraction of sp³-hybridized carbons (Fsp3) is 0.633. The molecule has 0 fully saturated rings. The largest absolute Gasteiger partial charge is 0.450 e. The average molecular weight is 576 g/mol. The van der Waals surface area contributed by atoms with Crippen LogP contribution in [0.4, 0.5) is 4.79 Å². The van der Waals surface area contributed by atoms with Gasteiger partial charge in [0.1, 0.15) is 24.2 Å². The lowest BCUT2D eigenvalue weighted by atomic mass is 10.0. The second-order valence-electron chi connectivity index (χ2n) is 11.1. The van der Waals surface area contributed by atoms with Crippen LogP contribution < -0.4 is 27.0 Å². The molecule has 0 saturated heterocycles. The Bertz CT molecular complexity index is 985. The maximum Gasteiger partial charge on any atom is 0.407 e. The summed E-state index contributed by atoms with van der Waals surface area (Å²) in [7, 11) is 0. The molecule has 0 bridgehead atoms. The van der Waals surface area contributed by atoms with Gasteiger partial charge in [-0.1, -0.05) is 84.2 Å². The highest BCUT2D eigenvalue weighted by Gasteiger charge is 2.31. The van der Waals surface area contributed by atoms with E-state index >= 15 is 0 Å². The Balaban J connectivity index is 2.91. The van der Waals surface area contributed by atoms with Gasteiger partial charge in [0.05, 0.1) is 6.61 Å². The van der Waals surface area contributed by atoms with E-state index in [1.165, 1.54) is 6.92 Å². The Kier molecular flexibility index (Phi) is 16.1. The summed E-state index contributed by atoms with van der Waals surface area (Å²) in [6.07, 6.45) is 3.63. The molecule has 1 aromatic rings. The fourth-order valence-electron chi connectivity index (χ4n) is 4.11. The third-order valence-corrected chi connectivity index (χ3v) is 6.49. The molecule has 1 rings (SSSR count). The summed E-state index contributed by atoms with van der Waals surface area (Å²) in [4.78, 5) is 63.4. The highest BCUT2D eigenvalue weighted by molar-refractivity contribution is 5.95. The van der Waals surface area contributed by atoms with Crippen LogP contribution in [0.15, 0.2) is 30.3 Å². The Morgan fingerprint density at radius 3 is 2.00 bits per heavy atom. The number of ether oxygens (including phenoxy) is 1. The van der Waals surface area contributed by atoms with Crippen LogP contribution in [0.3, 0.4) is 0 Å². The lowest BCUT2D eigenvalue weighted by molar-refractivity contribution is -0.134. The Labute approximate surface area is 244 Å². The number of hydrogen-bond acceptors (Lipinski definition) is 6. The summed E-state index contributed by atoms with van der Waals surface area (Å²) in [5.41, 5.74) is 6.23. The topological polar surface area (TPSA) is 169 Å². The van der Waals surface area contributed by atoms with Gasteiger partial charge < -0.3 is 31.7 Å². The van der Waals surface area contributed by atoms with Gasteiger partial charge in [-0.25, -0.2) is 4.79 Å². The van der Waals surface area contributed by atoms with Crippen molar-refractivity contribution < 1.29 is 28.7 Å². The van der Waals surface area contributed by atoms with E-state index in [4.69, 9.17) is 10.5 Å². The number of carbonyl (C=O) groups excluding carboxylic acids is 5. The number of alkyl carbamates (subject to hydrolysis) is 1. The van der Waals surface area contributed by atoms with E-state index in [2.05, 4.69) is 28.2 Å². The molecule has 0 aliphatic rings.